The first-order valence-electron chi connectivity index (χ1n) is 8.84. The van der Waals surface area contributed by atoms with Crippen molar-refractivity contribution in [3.8, 4) is 29.4 Å². The Balaban J connectivity index is 1.59. The van der Waals surface area contributed by atoms with Crippen molar-refractivity contribution in [1.29, 1.82) is 10.5 Å². The fourth-order valence-electron chi connectivity index (χ4n) is 2.50. The van der Waals surface area contributed by atoms with Gasteiger partial charge in [-0.25, -0.2) is 0 Å². The Labute approximate surface area is 168 Å². The maximum absolute atomic E-state index is 12.4. The lowest BCUT2D eigenvalue weighted by molar-refractivity contribution is -0.122. The zero-order valence-electron chi connectivity index (χ0n) is 15.6. The fourth-order valence-corrected chi connectivity index (χ4v) is 2.50. The van der Waals surface area contributed by atoms with E-state index in [0.29, 0.717) is 34.1 Å². The topological polar surface area (TPSA) is 95.1 Å². The molecule has 0 saturated heterocycles. The van der Waals surface area contributed by atoms with Gasteiger partial charge in [0.1, 0.15) is 23.3 Å². The van der Waals surface area contributed by atoms with E-state index in [1.807, 2.05) is 6.07 Å². The maximum atomic E-state index is 12.4. The van der Waals surface area contributed by atoms with Crippen LogP contribution in [0.15, 0.2) is 72.8 Å². The SMILES string of the molecule is CC(Oc1ccc(Oc2ccc(C#N)cc2)cc1)C(=O)Nc1ccccc1C#N. The van der Waals surface area contributed by atoms with Gasteiger partial charge < -0.3 is 14.8 Å². The molecule has 3 aromatic carbocycles. The third kappa shape index (κ3) is 5.12. The van der Waals surface area contributed by atoms with Gasteiger partial charge in [-0.1, -0.05) is 12.1 Å². The van der Waals surface area contributed by atoms with Crippen molar-refractivity contribution in [3.05, 3.63) is 83.9 Å². The van der Waals surface area contributed by atoms with E-state index in [1.54, 1.807) is 79.7 Å². The molecule has 0 saturated carbocycles. The minimum Gasteiger partial charge on any atom is -0.481 e. The molecular weight excluding hydrogens is 366 g/mol. The highest BCUT2D eigenvalue weighted by Gasteiger charge is 2.16. The Kier molecular flexibility index (Phi) is 6.09. The third-order valence-corrected chi connectivity index (χ3v) is 4.03. The van der Waals surface area contributed by atoms with Crippen LogP contribution in [-0.2, 0) is 4.79 Å². The summed E-state index contributed by atoms with van der Waals surface area (Å²) in [6.45, 7) is 1.63. The average Bonchev–Trinajstić information content (AvgIpc) is 2.76. The quantitative estimate of drug-likeness (QED) is 0.670. The Morgan fingerprint density at radius 3 is 2.07 bits per heavy atom. The second kappa shape index (κ2) is 9.07. The molecular formula is C23H17N3O3. The highest BCUT2D eigenvalue weighted by Crippen LogP contribution is 2.25. The number of nitrogens with zero attached hydrogens (tertiary/aromatic N) is 2. The molecule has 1 atom stereocenters. The monoisotopic (exact) mass is 383 g/mol. The van der Waals surface area contributed by atoms with Crippen molar-refractivity contribution < 1.29 is 14.3 Å². The molecule has 0 fully saturated rings. The molecule has 1 unspecified atom stereocenters. The number of ether oxygens (including phenoxy) is 2. The summed E-state index contributed by atoms with van der Waals surface area (Å²) in [6.07, 6.45) is -0.757. The van der Waals surface area contributed by atoms with Gasteiger partial charge >= 0.3 is 0 Å². The number of rotatable bonds is 6. The van der Waals surface area contributed by atoms with Crippen LogP contribution in [-0.4, -0.2) is 12.0 Å². The number of nitriles is 2. The lowest BCUT2D eigenvalue weighted by Gasteiger charge is -2.15. The van der Waals surface area contributed by atoms with Crippen LogP contribution in [0.2, 0.25) is 0 Å². The van der Waals surface area contributed by atoms with E-state index in [2.05, 4.69) is 11.4 Å². The summed E-state index contributed by atoms with van der Waals surface area (Å²) in [7, 11) is 0. The van der Waals surface area contributed by atoms with E-state index in [-0.39, 0.29) is 5.91 Å². The molecule has 0 aliphatic carbocycles. The highest BCUT2D eigenvalue weighted by atomic mass is 16.5. The number of benzene rings is 3. The molecule has 0 heterocycles. The largest absolute Gasteiger partial charge is 0.481 e. The Hall–Kier alpha value is -4.29. The van der Waals surface area contributed by atoms with E-state index in [9.17, 15) is 4.79 Å². The van der Waals surface area contributed by atoms with Gasteiger partial charge in [0.15, 0.2) is 6.10 Å². The van der Waals surface area contributed by atoms with Crippen LogP contribution in [0.25, 0.3) is 0 Å². The Bertz CT molecular complexity index is 1080. The lowest BCUT2D eigenvalue weighted by Crippen LogP contribution is -2.30. The number of carbonyl (C=O) groups is 1. The van der Waals surface area contributed by atoms with Crippen LogP contribution in [0.1, 0.15) is 18.1 Å². The van der Waals surface area contributed by atoms with Crippen LogP contribution in [0.4, 0.5) is 5.69 Å². The smallest absolute Gasteiger partial charge is 0.265 e. The van der Waals surface area contributed by atoms with Gasteiger partial charge in [0, 0.05) is 0 Å². The van der Waals surface area contributed by atoms with E-state index in [1.165, 1.54) is 0 Å². The minimum atomic E-state index is -0.757. The molecule has 1 amide bonds. The molecule has 0 bridgehead atoms. The molecule has 0 aliphatic rings. The highest BCUT2D eigenvalue weighted by molar-refractivity contribution is 5.95. The van der Waals surface area contributed by atoms with Crippen molar-refractivity contribution in [2.45, 2.75) is 13.0 Å². The number of para-hydroxylation sites is 1. The van der Waals surface area contributed by atoms with Crippen molar-refractivity contribution >= 4 is 11.6 Å². The van der Waals surface area contributed by atoms with Gasteiger partial charge in [0.2, 0.25) is 0 Å². The third-order valence-electron chi connectivity index (χ3n) is 4.03. The molecule has 3 rings (SSSR count). The molecule has 0 aliphatic heterocycles. The summed E-state index contributed by atoms with van der Waals surface area (Å²) in [5.41, 5.74) is 1.39. The molecule has 1 N–H and O–H groups in total. The predicted octanol–water partition coefficient (Wildman–Crippen LogP) is 4.63. The molecule has 3 aromatic rings. The first-order valence-corrected chi connectivity index (χ1v) is 8.84. The Morgan fingerprint density at radius 2 is 1.45 bits per heavy atom. The second-order valence-corrected chi connectivity index (χ2v) is 6.12. The number of amides is 1. The molecule has 0 aromatic heterocycles. The van der Waals surface area contributed by atoms with Gasteiger partial charge in [-0.2, -0.15) is 10.5 Å². The average molecular weight is 383 g/mol. The second-order valence-electron chi connectivity index (χ2n) is 6.12. The standard InChI is InChI=1S/C23H17N3O3/c1-16(23(27)26-22-5-3-2-4-18(22)15-25)28-19-10-12-21(13-11-19)29-20-8-6-17(14-24)7-9-20/h2-13,16H,1H3,(H,26,27). The van der Waals surface area contributed by atoms with Gasteiger partial charge in [-0.15, -0.1) is 0 Å². The van der Waals surface area contributed by atoms with Crippen molar-refractivity contribution in [2.75, 3.05) is 5.32 Å². The first kappa shape index (κ1) is 19.5. The van der Waals surface area contributed by atoms with E-state index in [0.717, 1.165) is 0 Å². The number of carbonyl (C=O) groups excluding carboxylic acids is 1. The van der Waals surface area contributed by atoms with Crippen LogP contribution in [0.5, 0.6) is 17.2 Å². The number of anilines is 1. The normalized spacial score (nSPS) is 10.9. The van der Waals surface area contributed by atoms with Crippen molar-refractivity contribution in [2.24, 2.45) is 0 Å². The first-order chi connectivity index (χ1) is 14.1. The Morgan fingerprint density at radius 1 is 0.862 bits per heavy atom. The summed E-state index contributed by atoms with van der Waals surface area (Å²) in [4.78, 5) is 12.4. The van der Waals surface area contributed by atoms with Crippen LogP contribution >= 0.6 is 0 Å². The molecule has 142 valence electrons. The van der Waals surface area contributed by atoms with Crippen LogP contribution < -0.4 is 14.8 Å². The number of hydrogen-bond acceptors (Lipinski definition) is 5. The molecule has 0 radical (unpaired) electrons. The minimum absolute atomic E-state index is 0.356. The van der Waals surface area contributed by atoms with Gasteiger partial charge in [-0.05, 0) is 67.6 Å². The van der Waals surface area contributed by atoms with Gasteiger partial charge in [0.05, 0.1) is 22.9 Å². The van der Waals surface area contributed by atoms with Gasteiger partial charge in [-0.3, -0.25) is 4.79 Å². The fraction of sp³-hybridized carbons (Fsp3) is 0.0870. The lowest BCUT2D eigenvalue weighted by atomic mass is 10.2. The zero-order chi connectivity index (χ0) is 20.6. The van der Waals surface area contributed by atoms with Crippen LogP contribution in [0, 0.1) is 22.7 Å². The van der Waals surface area contributed by atoms with Crippen molar-refractivity contribution in [1.82, 2.24) is 0 Å². The summed E-state index contributed by atoms with van der Waals surface area (Å²) in [5, 5.41) is 20.6. The summed E-state index contributed by atoms with van der Waals surface area (Å²) >= 11 is 0. The van der Waals surface area contributed by atoms with Crippen molar-refractivity contribution in [3.63, 3.8) is 0 Å². The van der Waals surface area contributed by atoms with Gasteiger partial charge in [0.25, 0.3) is 5.91 Å². The summed E-state index contributed by atoms with van der Waals surface area (Å²) < 4.78 is 11.4. The summed E-state index contributed by atoms with van der Waals surface area (Å²) in [6, 6.07) is 24.5. The molecule has 6 nitrogen and oxygen atoms in total. The molecule has 0 spiro atoms. The van der Waals surface area contributed by atoms with E-state index < -0.39 is 6.10 Å². The summed E-state index contributed by atoms with van der Waals surface area (Å²) in [5.74, 6) is 1.36. The zero-order valence-corrected chi connectivity index (χ0v) is 15.6. The maximum Gasteiger partial charge on any atom is 0.265 e. The van der Waals surface area contributed by atoms with Crippen LogP contribution in [0.3, 0.4) is 0 Å². The number of hydrogen-bond donors (Lipinski definition) is 1. The van der Waals surface area contributed by atoms with E-state index >= 15 is 0 Å². The molecule has 29 heavy (non-hydrogen) atoms. The number of nitrogens with one attached hydrogen (secondary N) is 1. The molecule has 6 heteroatoms. The van der Waals surface area contributed by atoms with E-state index in [4.69, 9.17) is 20.0 Å². The predicted molar refractivity (Wildman–Crippen MR) is 108 cm³/mol.